The number of nitrogens with one attached hydrogen (secondary N) is 1. The van der Waals surface area contributed by atoms with Gasteiger partial charge in [0.05, 0.1) is 11.0 Å². The van der Waals surface area contributed by atoms with Gasteiger partial charge < -0.3 is 11.1 Å². The lowest BCUT2D eigenvalue weighted by Gasteiger charge is -2.11. The van der Waals surface area contributed by atoms with Gasteiger partial charge in [0.25, 0.3) is 5.91 Å². The molecule has 0 unspecified atom stereocenters. The van der Waals surface area contributed by atoms with Gasteiger partial charge in [-0.05, 0) is 29.3 Å². The first-order valence-corrected chi connectivity index (χ1v) is 9.74. The summed E-state index contributed by atoms with van der Waals surface area (Å²) < 4.78 is 0.471. The molecule has 0 bridgehead atoms. The summed E-state index contributed by atoms with van der Waals surface area (Å²) in [7, 11) is 0. The van der Waals surface area contributed by atoms with Gasteiger partial charge in [-0.15, -0.1) is 23.5 Å². The van der Waals surface area contributed by atoms with Crippen molar-refractivity contribution < 1.29 is 9.59 Å². The molecule has 1 aliphatic rings. The van der Waals surface area contributed by atoms with E-state index in [1.54, 1.807) is 12.1 Å². The molecule has 2 amide bonds. The molecule has 0 atom stereocenters. The number of anilines is 1. The van der Waals surface area contributed by atoms with Crippen molar-refractivity contribution in [2.24, 2.45) is 5.73 Å². The van der Waals surface area contributed by atoms with E-state index in [0.717, 1.165) is 0 Å². The molecule has 24 heavy (non-hydrogen) atoms. The van der Waals surface area contributed by atoms with Gasteiger partial charge in [-0.1, -0.05) is 30.3 Å². The maximum absolute atomic E-state index is 12.4. The van der Waals surface area contributed by atoms with E-state index in [1.165, 1.54) is 17.1 Å². The van der Waals surface area contributed by atoms with Crippen LogP contribution in [0.2, 0.25) is 0 Å². The van der Waals surface area contributed by atoms with E-state index in [1.807, 2.05) is 59.9 Å². The summed E-state index contributed by atoms with van der Waals surface area (Å²) >= 11 is 3.88. The summed E-state index contributed by atoms with van der Waals surface area (Å²) in [6, 6.07) is 14.9. The van der Waals surface area contributed by atoms with Crippen LogP contribution < -0.4 is 11.1 Å². The van der Waals surface area contributed by atoms with Gasteiger partial charge in [0.15, 0.2) is 0 Å². The smallest absolute Gasteiger partial charge is 0.255 e. The highest BCUT2D eigenvalue weighted by Crippen LogP contribution is 2.45. The largest absolute Gasteiger partial charge is 0.369 e. The predicted octanol–water partition coefficient (Wildman–Crippen LogP) is 3.45. The van der Waals surface area contributed by atoms with Crippen molar-refractivity contribution in [1.29, 1.82) is 0 Å². The number of hydrogen-bond donors (Lipinski definition) is 2. The molecule has 2 aromatic rings. The summed E-state index contributed by atoms with van der Waals surface area (Å²) in [6.07, 6.45) is 0.103. The Bertz CT molecular complexity index is 741. The molecule has 1 fully saturated rings. The zero-order valence-corrected chi connectivity index (χ0v) is 14.7. The van der Waals surface area contributed by atoms with Gasteiger partial charge in [0, 0.05) is 22.8 Å². The van der Waals surface area contributed by atoms with Crippen LogP contribution in [0.3, 0.4) is 0 Å². The normalized spacial score (nSPS) is 14.5. The minimum absolute atomic E-state index is 0.103. The second-order valence-electron chi connectivity index (χ2n) is 5.45. The Labute approximate surface area is 149 Å². The van der Waals surface area contributed by atoms with Crippen molar-refractivity contribution in [2.75, 3.05) is 16.8 Å². The fourth-order valence-corrected chi connectivity index (χ4v) is 5.38. The lowest BCUT2D eigenvalue weighted by Crippen LogP contribution is -2.17. The zero-order chi connectivity index (χ0) is 16.9. The number of rotatable bonds is 5. The number of amides is 2. The highest BCUT2D eigenvalue weighted by atomic mass is 32.2. The van der Waals surface area contributed by atoms with Crippen LogP contribution in [0.1, 0.15) is 26.1 Å². The molecule has 124 valence electrons. The van der Waals surface area contributed by atoms with E-state index in [4.69, 9.17) is 5.73 Å². The van der Waals surface area contributed by atoms with Crippen LogP contribution in [0.25, 0.3) is 0 Å². The van der Waals surface area contributed by atoms with Gasteiger partial charge in [-0.25, -0.2) is 0 Å². The Hall–Kier alpha value is -1.92. The third-order valence-electron chi connectivity index (χ3n) is 3.70. The number of primary amides is 1. The van der Waals surface area contributed by atoms with Crippen molar-refractivity contribution in [2.45, 2.75) is 11.0 Å². The molecule has 3 N–H and O–H groups in total. The van der Waals surface area contributed by atoms with Gasteiger partial charge in [-0.3, -0.25) is 9.59 Å². The van der Waals surface area contributed by atoms with Crippen LogP contribution in [-0.4, -0.2) is 23.3 Å². The van der Waals surface area contributed by atoms with Crippen LogP contribution in [0, 0.1) is 0 Å². The zero-order valence-electron chi connectivity index (χ0n) is 13.0. The first kappa shape index (κ1) is 16.9. The highest BCUT2D eigenvalue weighted by molar-refractivity contribution is 8.19. The summed E-state index contributed by atoms with van der Waals surface area (Å²) in [6.45, 7) is 0. The topological polar surface area (TPSA) is 72.2 Å². The number of benzene rings is 2. The summed E-state index contributed by atoms with van der Waals surface area (Å²) in [5.41, 5.74) is 8.43. The molecule has 3 rings (SSSR count). The lowest BCUT2D eigenvalue weighted by molar-refractivity contribution is -0.117. The molecule has 4 nitrogen and oxygen atoms in total. The van der Waals surface area contributed by atoms with Gasteiger partial charge in [-0.2, -0.15) is 0 Å². The second kappa shape index (κ2) is 7.77. The lowest BCUT2D eigenvalue weighted by atomic mass is 10.1. The Kier molecular flexibility index (Phi) is 5.48. The predicted molar refractivity (Wildman–Crippen MR) is 101 cm³/mol. The molecular formula is C18H18N2O2S2. The van der Waals surface area contributed by atoms with E-state index < -0.39 is 5.91 Å². The SMILES string of the molecule is NC(=O)Cc1ccccc1NC(=O)c1ccc(C2SCCS2)cc1. The Morgan fingerprint density at radius 2 is 1.71 bits per heavy atom. The van der Waals surface area contributed by atoms with Crippen LogP contribution in [0.5, 0.6) is 0 Å². The molecule has 0 aromatic heterocycles. The number of thioether (sulfide) groups is 2. The number of hydrogen-bond acceptors (Lipinski definition) is 4. The van der Waals surface area contributed by atoms with E-state index in [0.29, 0.717) is 21.4 Å². The average molecular weight is 358 g/mol. The van der Waals surface area contributed by atoms with Gasteiger partial charge in [0.2, 0.25) is 5.91 Å². The fourth-order valence-electron chi connectivity index (χ4n) is 2.52. The maximum atomic E-state index is 12.4. The molecular weight excluding hydrogens is 340 g/mol. The Morgan fingerprint density at radius 3 is 2.38 bits per heavy atom. The third-order valence-corrected chi connectivity index (χ3v) is 6.80. The summed E-state index contributed by atoms with van der Waals surface area (Å²) in [5.74, 6) is 1.74. The monoisotopic (exact) mass is 358 g/mol. The number of carbonyl (C=O) groups is 2. The van der Waals surface area contributed by atoms with E-state index in [2.05, 4.69) is 5.32 Å². The Balaban J connectivity index is 1.72. The minimum Gasteiger partial charge on any atom is -0.369 e. The Morgan fingerprint density at radius 1 is 1.04 bits per heavy atom. The quantitative estimate of drug-likeness (QED) is 0.859. The highest BCUT2D eigenvalue weighted by Gasteiger charge is 2.18. The molecule has 0 spiro atoms. The summed E-state index contributed by atoms with van der Waals surface area (Å²) in [4.78, 5) is 23.6. The first-order valence-electron chi connectivity index (χ1n) is 7.64. The number of nitrogens with two attached hydrogens (primary N) is 1. The van der Waals surface area contributed by atoms with Crippen LogP contribution in [0.15, 0.2) is 48.5 Å². The average Bonchev–Trinajstić information content (AvgIpc) is 3.11. The van der Waals surface area contributed by atoms with Crippen molar-refractivity contribution in [3.05, 3.63) is 65.2 Å². The standard InChI is InChI=1S/C18H18N2O2S2/c19-16(21)11-14-3-1-2-4-15(14)20-17(22)12-5-7-13(8-6-12)18-23-9-10-24-18/h1-8,18H,9-11H2,(H2,19,21)(H,20,22). The molecule has 2 aromatic carbocycles. The van der Waals surface area contributed by atoms with Gasteiger partial charge >= 0.3 is 0 Å². The molecule has 0 saturated carbocycles. The molecule has 1 aliphatic heterocycles. The van der Waals surface area contributed by atoms with Crippen LogP contribution in [0.4, 0.5) is 5.69 Å². The first-order chi connectivity index (χ1) is 11.6. The molecule has 1 saturated heterocycles. The van der Waals surface area contributed by atoms with Crippen molar-refractivity contribution >= 4 is 41.0 Å². The third kappa shape index (κ3) is 4.13. The van der Waals surface area contributed by atoms with Crippen LogP contribution >= 0.6 is 23.5 Å². The van der Waals surface area contributed by atoms with Crippen molar-refractivity contribution in [3.8, 4) is 0 Å². The minimum atomic E-state index is -0.424. The van der Waals surface area contributed by atoms with Crippen molar-refractivity contribution in [3.63, 3.8) is 0 Å². The number of carbonyl (C=O) groups excluding carboxylic acids is 2. The van der Waals surface area contributed by atoms with E-state index >= 15 is 0 Å². The van der Waals surface area contributed by atoms with Gasteiger partial charge in [0.1, 0.15) is 0 Å². The van der Waals surface area contributed by atoms with E-state index in [9.17, 15) is 9.59 Å². The second-order valence-corrected chi connectivity index (χ2v) is 8.17. The maximum Gasteiger partial charge on any atom is 0.255 e. The molecule has 1 heterocycles. The van der Waals surface area contributed by atoms with Crippen LogP contribution in [-0.2, 0) is 11.2 Å². The van der Waals surface area contributed by atoms with E-state index in [-0.39, 0.29) is 12.3 Å². The fraction of sp³-hybridized carbons (Fsp3) is 0.222. The van der Waals surface area contributed by atoms with Crippen molar-refractivity contribution in [1.82, 2.24) is 0 Å². The summed E-state index contributed by atoms with van der Waals surface area (Å²) in [5, 5.41) is 2.86. The molecule has 0 aliphatic carbocycles. The molecule has 0 radical (unpaired) electrons. The number of para-hydroxylation sites is 1. The molecule has 6 heteroatoms.